The van der Waals surface area contributed by atoms with E-state index < -0.39 is 30.0 Å². The normalized spacial score (nSPS) is 11.5. The van der Waals surface area contributed by atoms with Gasteiger partial charge in [-0.1, -0.05) is 0 Å². The second kappa shape index (κ2) is 10.6. The lowest BCUT2D eigenvalue weighted by atomic mass is 10.3. The SMILES string of the molecule is COCC(COC(=O)CCC(=O)O)OC(=O)CCC(=O)O. The number of ether oxygens (including phenoxy) is 3. The maximum atomic E-state index is 11.3. The summed E-state index contributed by atoms with van der Waals surface area (Å²) in [6.45, 7) is -0.323. The monoisotopic (exact) mass is 306 g/mol. The Morgan fingerprint density at radius 1 is 0.857 bits per heavy atom. The van der Waals surface area contributed by atoms with E-state index in [9.17, 15) is 19.2 Å². The van der Waals surface area contributed by atoms with Crippen LogP contribution in [0.5, 0.6) is 0 Å². The van der Waals surface area contributed by atoms with E-state index in [0.717, 1.165) is 0 Å². The standard InChI is InChI=1S/C12H18O9/c1-19-6-8(21-12(18)5-3-10(15)16)7-20-11(17)4-2-9(13)14/h8H,2-7H2,1H3,(H,13,14)(H,15,16). The lowest BCUT2D eigenvalue weighted by molar-refractivity contribution is -0.163. The van der Waals surface area contributed by atoms with Gasteiger partial charge in [0.1, 0.15) is 6.61 Å². The van der Waals surface area contributed by atoms with E-state index >= 15 is 0 Å². The average molecular weight is 306 g/mol. The van der Waals surface area contributed by atoms with Crippen molar-refractivity contribution in [3.8, 4) is 0 Å². The van der Waals surface area contributed by atoms with Gasteiger partial charge in [-0.25, -0.2) is 0 Å². The van der Waals surface area contributed by atoms with Gasteiger partial charge in [0, 0.05) is 7.11 Å². The molecule has 0 aliphatic rings. The first kappa shape index (κ1) is 18.8. The van der Waals surface area contributed by atoms with E-state index in [2.05, 4.69) is 0 Å². The number of carboxylic acids is 2. The molecule has 0 saturated carbocycles. The maximum absolute atomic E-state index is 11.3. The smallest absolute Gasteiger partial charge is 0.306 e. The molecule has 0 bridgehead atoms. The Morgan fingerprint density at radius 3 is 1.86 bits per heavy atom. The van der Waals surface area contributed by atoms with Crippen molar-refractivity contribution in [1.29, 1.82) is 0 Å². The van der Waals surface area contributed by atoms with Crippen LogP contribution in [0.1, 0.15) is 25.7 Å². The maximum Gasteiger partial charge on any atom is 0.306 e. The second-order valence-corrected chi connectivity index (χ2v) is 4.04. The summed E-state index contributed by atoms with van der Waals surface area (Å²) in [6, 6.07) is 0. The zero-order valence-electron chi connectivity index (χ0n) is 11.6. The van der Waals surface area contributed by atoms with Crippen LogP contribution in [-0.4, -0.2) is 60.5 Å². The predicted molar refractivity (Wildman–Crippen MR) is 66.5 cm³/mol. The van der Waals surface area contributed by atoms with Crippen molar-refractivity contribution in [3.63, 3.8) is 0 Å². The van der Waals surface area contributed by atoms with Gasteiger partial charge in [0.15, 0.2) is 6.10 Å². The van der Waals surface area contributed by atoms with Crippen LogP contribution in [-0.2, 0) is 33.4 Å². The highest BCUT2D eigenvalue weighted by molar-refractivity contribution is 5.77. The highest BCUT2D eigenvalue weighted by atomic mass is 16.6. The van der Waals surface area contributed by atoms with E-state index in [1.54, 1.807) is 0 Å². The first-order valence-electron chi connectivity index (χ1n) is 6.12. The van der Waals surface area contributed by atoms with Crippen LogP contribution in [0.25, 0.3) is 0 Å². The Hall–Kier alpha value is -2.16. The summed E-state index contributed by atoms with van der Waals surface area (Å²) in [7, 11) is 1.35. The molecule has 0 fully saturated rings. The van der Waals surface area contributed by atoms with Crippen molar-refractivity contribution in [3.05, 3.63) is 0 Å². The molecule has 0 aromatic carbocycles. The molecule has 2 N–H and O–H groups in total. The summed E-state index contributed by atoms with van der Waals surface area (Å²) < 4.78 is 14.4. The minimum absolute atomic E-state index is 0.0367. The Labute approximate surface area is 120 Å². The number of methoxy groups -OCH3 is 1. The van der Waals surface area contributed by atoms with Crippen LogP contribution in [0.4, 0.5) is 0 Å². The summed E-state index contributed by atoms with van der Waals surface area (Å²) in [6.07, 6.45) is -2.18. The van der Waals surface area contributed by atoms with Crippen LogP contribution in [0, 0.1) is 0 Å². The molecular formula is C12H18O9. The number of carbonyl (C=O) groups is 4. The number of carbonyl (C=O) groups excluding carboxylic acids is 2. The molecule has 1 atom stereocenters. The van der Waals surface area contributed by atoms with Gasteiger partial charge in [0.2, 0.25) is 0 Å². The van der Waals surface area contributed by atoms with Crippen LogP contribution >= 0.6 is 0 Å². The molecule has 0 aromatic heterocycles. The molecule has 0 aliphatic heterocycles. The fourth-order valence-electron chi connectivity index (χ4n) is 1.22. The van der Waals surface area contributed by atoms with E-state index in [-0.39, 0.29) is 38.9 Å². The molecule has 0 amide bonds. The number of rotatable bonds is 11. The Bertz CT molecular complexity index is 377. The minimum atomic E-state index is -1.13. The molecule has 0 aliphatic carbocycles. The first-order valence-corrected chi connectivity index (χ1v) is 6.12. The van der Waals surface area contributed by atoms with Crippen molar-refractivity contribution in [2.24, 2.45) is 0 Å². The topological polar surface area (TPSA) is 136 Å². The molecule has 0 rings (SSSR count). The minimum Gasteiger partial charge on any atom is -0.481 e. The molecule has 9 nitrogen and oxygen atoms in total. The molecule has 1 unspecified atom stereocenters. The molecule has 21 heavy (non-hydrogen) atoms. The molecule has 120 valence electrons. The zero-order chi connectivity index (χ0) is 16.3. The largest absolute Gasteiger partial charge is 0.481 e. The van der Waals surface area contributed by atoms with Crippen LogP contribution in [0.3, 0.4) is 0 Å². The summed E-state index contributed by atoms with van der Waals surface area (Å²) in [5.74, 6) is -3.74. The van der Waals surface area contributed by atoms with E-state index in [1.165, 1.54) is 7.11 Å². The van der Waals surface area contributed by atoms with E-state index in [0.29, 0.717) is 0 Å². The third kappa shape index (κ3) is 11.4. The molecule has 9 heteroatoms. The number of esters is 2. The van der Waals surface area contributed by atoms with Crippen LogP contribution in [0.15, 0.2) is 0 Å². The van der Waals surface area contributed by atoms with Gasteiger partial charge in [-0.2, -0.15) is 0 Å². The third-order valence-corrected chi connectivity index (χ3v) is 2.17. The highest BCUT2D eigenvalue weighted by Gasteiger charge is 2.18. The summed E-state index contributed by atoms with van der Waals surface area (Å²) >= 11 is 0. The number of hydrogen-bond donors (Lipinski definition) is 2. The van der Waals surface area contributed by atoms with Crippen molar-refractivity contribution in [2.75, 3.05) is 20.3 Å². The van der Waals surface area contributed by atoms with Crippen molar-refractivity contribution in [2.45, 2.75) is 31.8 Å². The van der Waals surface area contributed by atoms with Gasteiger partial charge >= 0.3 is 23.9 Å². The summed E-state index contributed by atoms with van der Waals surface area (Å²) in [5.41, 5.74) is 0. The lowest BCUT2D eigenvalue weighted by Crippen LogP contribution is -2.29. The number of hydrogen-bond acceptors (Lipinski definition) is 7. The van der Waals surface area contributed by atoms with E-state index in [4.69, 9.17) is 24.4 Å². The first-order chi connectivity index (χ1) is 9.85. The summed E-state index contributed by atoms with van der Waals surface area (Å²) in [5, 5.41) is 16.8. The molecule has 0 radical (unpaired) electrons. The third-order valence-electron chi connectivity index (χ3n) is 2.17. The van der Waals surface area contributed by atoms with Crippen LogP contribution < -0.4 is 0 Å². The van der Waals surface area contributed by atoms with Crippen LogP contribution in [0.2, 0.25) is 0 Å². The van der Waals surface area contributed by atoms with Gasteiger partial charge < -0.3 is 24.4 Å². The predicted octanol–water partition coefficient (Wildman–Crippen LogP) is -0.183. The Morgan fingerprint density at radius 2 is 1.38 bits per heavy atom. The van der Waals surface area contributed by atoms with Crippen molar-refractivity contribution < 1.29 is 43.6 Å². The Kier molecular flexibility index (Phi) is 9.52. The van der Waals surface area contributed by atoms with Crippen molar-refractivity contribution in [1.82, 2.24) is 0 Å². The lowest BCUT2D eigenvalue weighted by Gasteiger charge is -2.16. The van der Waals surface area contributed by atoms with Crippen molar-refractivity contribution >= 4 is 23.9 Å². The highest BCUT2D eigenvalue weighted by Crippen LogP contribution is 2.02. The van der Waals surface area contributed by atoms with E-state index in [1.807, 2.05) is 0 Å². The number of aliphatic carboxylic acids is 2. The fraction of sp³-hybridized carbons (Fsp3) is 0.667. The van der Waals surface area contributed by atoms with Gasteiger partial charge in [-0.15, -0.1) is 0 Å². The molecule has 0 spiro atoms. The van der Waals surface area contributed by atoms with Gasteiger partial charge in [-0.05, 0) is 0 Å². The second-order valence-electron chi connectivity index (χ2n) is 4.04. The molecule has 0 heterocycles. The molecule has 0 saturated heterocycles. The number of carboxylic acid groups (broad SMARTS) is 2. The molecular weight excluding hydrogens is 288 g/mol. The van der Waals surface area contributed by atoms with Gasteiger partial charge in [-0.3, -0.25) is 19.2 Å². The molecule has 0 aromatic rings. The summed E-state index contributed by atoms with van der Waals surface area (Å²) in [4.78, 5) is 43.1. The zero-order valence-corrected chi connectivity index (χ0v) is 11.6. The fourth-order valence-corrected chi connectivity index (χ4v) is 1.22. The average Bonchev–Trinajstić information content (AvgIpc) is 2.40. The van der Waals surface area contributed by atoms with Gasteiger partial charge in [0.05, 0.1) is 32.3 Å². The van der Waals surface area contributed by atoms with Gasteiger partial charge in [0.25, 0.3) is 0 Å². The quantitative estimate of drug-likeness (QED) is 0.498. The Balaban J connectivity index is 4.11.